The lowest BCUT2D eigenvalue weighted by atomic mass is 10.2. The Morgan fingerprint density at radius 1 is 1.16 bits per heavy atom. The number of nitrogens with zero attached hydrogens (tertiary/aromatic N) is 4. The van der Waals surface area contributed by atoms with Gasteiger partial charge in [0.15, 0.2) is 5.65 Å². The van der Waals surface area contributed by atoms with Crippen LogP contribution < -0.4 is 10.2 Å². The predicted molar refractivity (Wildman–Crippen MR) is 102 cm³/mol. The largest absolute Gasteiger partial charge is 0.364 e. The van der Waals surface area contributed by atoms with Crippen LogP contribution in [0.3, 0.4) is 0 Å². The molecule has 0 bridgehead atoms. The van der Waals surface area contributed by atoms with Crippen molar-refractivity contribution in [1.82, 2.24) is 19.5 Å². The lowest BCUT2D eigenvalue weighted by molar-refractivity contribution is -0.894. The smallest absolute Gasteiger partial charge is 0.150 e. The Balaban J connectivity index is 1.97. The Labute approximate surface area is 148 Å². The molecule has 2 N–H and O–H groups in total. The number of likely N-dealkylation sites (N-methyl/N-ethyl adjacent to an activating group) is 1. The van der Waals surface area contributed by atoms with E-state index in [1.165, 1.54) is 11.3 Å². The summed E-state index contributed by atoms with van der Waals surface area (Å²) in [7, 11) is 0. The van der Waals surface area contributed by atoms with E-state index >= 15 is 0 Å². The molecule has 132 valence electrons. The van der Waals surface area contributed by atoms with Gasteiger partial charge in [-0.05, 0) is 45.4 Å². The quantitative estimate of drug-likeness (QED) is 0.689. The molecule has 0 radical (unpaired) electrons. The van der Waals surface area contributed by atoms with Gasteiger partial charge >= 0.3 is 0 Å². The lowest BCUT2D eigenvalue weighted by Crippen LogP contribution is -3.12. The molecule has 3 aromatic heterocycles. The summed E-state index contributed by atoms with van der Waals surface area (Å²) in [6.07, 6.45) is 5.29. The van der Waals surface area contributed by atoms with E-state index in [2.05, 4.69) is 58.6 Å². The van der Waals surface area contributed by atoms with Crippen LogP contribution in [0.5, 0.6) is 0 Å². The van der Waals surface area contributed by atoms with Gasteiger partial charge in [-0.3, -0.25) is 9.55 Å². The summed E-state index contributed by atoms with van der Waals surface area (Å²) in [5.74, 6) is 0.916. The van der Waals surface area contributed by atoms with Crippen LogP contribution >= 0.6 is 0 Å². The SMILES string of the molecule is CC[NH+](CC)CCNc1ncnc2c1c(C)c(C)n2-c1cccnc1. The molecule has 0 fully saturated rings. The second-order valence-corrected chi connectivity index (χ2v) is 6.31. The Kier molecular flexibility index (Phi) is 5.28. The molecule has 0 aromatic carbocycles. The van der Waals surface area contributed by atoms with Crippen LogP contribution in [0.15, 0.2) is 30.9 Å². The monoisotopic (exact) mass is 339 g/mol. The molecule has 3 aromatic rings. The van der Waals surface area contributed by atoms with E-state index in [4.69, 9.17) is 0 Å². The zero-order valence-corrected chi connectivity index (χ0v) is 15.5. The predicted octanol–water partition coefficient (Wildman–Crippen LogP) is 1.77. The average Bonchev–Trinajstić information content (AvgIpc) is 2.91. The van der Waals surface area contributed by atoms with Crippen LogP contribution in [0.4, 0.5) is 5.82 Å². The zero-order chi connectivity index (χ0) is 17.8. The number of rotatable bonds is 7. The third-order valence-electron chi connectivity index (χ3n) is 4.97. The first-order valence-electron chi connectivity index (χ1n) is 8.97. The van der Waals surface area contributed by atoms with Gasteiger partial charge in [0, 0.05) is 11.9 Å². The molecule has 0 atom stereocenters. The third kappa shape index (κ3) is 3.35. The fraction of sp³-hybridized carbons (Fsp3) is 0.421. The van der Waals surface area contributed by atoms with Gasteiger partial charge in [-0.1, -0.05) is 0 Å². The highest BCUT2D eigenvalue weighted by atomic mass is 15.1. The minimum atomic E-state index is 0.902. The summed E-state index contributed by atoms with van der Waals surface area (Å²) < 4.78 is 2.15. The Morgan fingerprint density at radius 2 is 1.96 bits per heavy atom. The number of nitrogens with one attached hydrogen (secondary N) is 2. The lowest BCUT2D eigenvalue weighted by Gasteiger charge is -2.16. The van der Waals surface area contributed by atoms with Crippen LogP contribution in [0.2, 0.25) is 0 Å². The van der Waals surface area contributed by atoms with E-state index in [9.17, 15) is 0 Å². The molecule has 0 aliphatic heterocycles. The highest BCUT2D eigenvalue weighted by Gasteiger charge is 2.17. The zero-order valence-electron chi connectivity index (χ0n) is 15.5. The average molecular weight is 339 g/mol. The van der Waals surface area contributed by atoms with Gasteiger partial charge in [-0.25, -0.2) is 9.97 Å². The first-order chi connectivity index (χ1) is 12.2. The summed E-state index contributed by atoms with van der Waals surface area (Å²) in [4.78, 5) is 14.9. The molecule has 0 amide bonds. The van der Waals surface area contributed by atoms with Crippen molar-refractivity contribution >= 4 is 16.9 Å². The summed E-state index contributed by atoms with van der Waals surface area (Å²) in [5, 5.41) is 4.61. The van der Waals surface area contributed by atoms with E-state index in [-0.39, 0.29) is 0 Å². The molecular weight excluding hydrogens is 312 g/mol. The van der Waals surface area contributed by atoms with Crippen LogP contribution in [-0.2, 0) is 0 Å². The molecule has 0 unspecified atom stereocenters. The maximum atomic E-state index is 4.55. The van der Waals surface area contributed by atoms with Crippen molar-refractivity contribution in [3.63, 3.8) is 0 Å². The maximum absolute atomic E-state index is 4.55. The Bertz CT molecular complexity index is 836. The van der Waals surface area contributed by atoms with Crippen LogP contribution in [-0.4, -0.2) is 45.7 Å². The van der Waals surface area contributed by atoms with E-state index in [1.807, 2.05) is 12.3 Å². The van der Waals surface area contributed by atoms with Gasteiger partial charge in [0.1, 0.15) is 12.1 Å². The van der Waals surface area contributed by atoms with Crippen molar-refractivity contribution < 1.29 is 4.90 Å². The number of hydrogen-bond acceptors (Lipinski definition) is 4. The van der Waals surface area contributed by atoms with Gasteiger partial charge in [-0.2, -0.15) is 0 Å². The fourth-order valence-corrected chi connectivity index (χ4v) is 3.30. The standard InChI is InChI=1S/C19H26N6/c1-5-24(6-2)11-10-21-18-17-14(3)15(4)25(19(17)23-13-22-18)16-8-7-9-20-12-16/h7-9,12-13H,5-6,10-11H2,1-4H3,(H,21,22,23)/p+1. The number of fused-ring (bicyclic) bond motifs is 1. The minimum absolute atomic E-state index is 0.902. The van der Waals surface area contributed by atoms with Crippen LogP contribution in [0.1, 0.15) is 25.1 Å². The third-order valence-corrected chi connectivity index (χ3v) is 4.97. The number of anilines is 1. The Morgan fingerprint density at radius 3 is 2.64 bits per heavy atom. The van der Waals surface area contributed by atoms with E-state index in [0.717, 1.165) is 48.7 Å². The van der Waals surface area contributed by atoms with Gasteiger partial charge < -0.3 is 10.2 Å². The number of aromatic nitrogens is 4. The van der Waals surface area contributed by atoms with Crippen molar-refractivity contribution in [3.05, 3.63) is 42.1 Å². The summed E-state index contributed by atoms with van der Waals surface area (Å²) in [6.45, 7) is 13.0. The van der Waals surface area contributed by atoms with E-state index in [0.29, 0.717) is 0 Å². The number of aryl methyl sites for hydroxylation is 1. The fourth-order valence-electron chi connectivity index (χ4n) is 3.30. The highest BCUT2D eigenvalue weighted by molar-refractivity contribution is 5.93. The second-order valence-electron chi connectivity index (χ2n) is 6.31. The molecule has 0 spiro atoms. The van der Waals surface area contributed by atoms with Gasteiger partial charge in [0.25, 0.3) is 0 Å². The summed E-state index contributed by atoms with van der Waals surface area (Å²) in [5.41, 5.74) is 4.32. The normalized spacial score (nSPS) is 11.4. The van der Waals surface area contributed by atoms with Crippen molar-refractivity contribution in [3.8, 4) is 5.69 Å². The number of quaternary nitrogens is 1. The molecule has 0 saturated heterocycles. The molecule has 0 aliphatic carbocycles. The van der Waals surface area contributed by atoms with E-state index in [1.54, 1.807) is 17.4 Å². The summed E-state index contributed by atoms with van der Waals surface area (Å²) in [6, 6.07) is 4.00. The Hall–Kier alpha value is -2.47. The molecule has 0 saturated carbocycles. The number of pyridine rings is 1. The number of hydrogen-bond donors (Lipinski definition) is 2. The van der Waals surface area contributed by atoms with Crippen LogP contribution in [0.25, 0.3) is 16.7 Å². The van der Waals surface area contributed by atoms with Gasteiger partial charge in [0.2, 0.25) is 0 Å². The van der Waals surface area contributed by atoms with Gasteiger partial charge in [-0.15, -0.1) is 0 Å². The topological polar surface area (TPSA) is 60.1 Å². The minimum Gasteiger partial charge on any atom is -0.364 e. The molecule has 6 heteroatoms. The van der Waals surface area contributed by atoms with E-state index < -0.39 is 0 Å². The molecule has 25 heavy (non-hydrogen) atoms. The second kappa shape index (κ2) is 7.61. The van der Waals surface area contributed by atoms with Crippen molar-refractivity contribution in [1.29, 1.82) is 0 Å². The molecule has 3 heterocycles. The van der Waals surface area contributed by atoms with Gasteiger partial charge in [0.05, 0.1) is 43.4 Å². The summed E-state index contributed by atoms with van der Waals surface area (Å²) >= 11 is 0. The first-order valence-corrected chi connectivity index (χ1v) is 8.97. The van der Waals surface area contributed by atoms with Crippen molar-refractivity contribution in [2.24, 2.45) is 0 Å². The van der Waals surface area contributed by atoms with Crippen molar-refractivity contribution in [2.45, 2.75) is 27.7 Å². The maximum Gasteiger partial charge on any atom is 0.150 e. The van der Waals surface area contributed by atoms with Crippen molar-refractivity contribution in [2.75, 3.05) is 31.5 Å². The molecule has 3 rings (SSSR count). The molecule has 6 nitrogen and oxygen atoms in total. The molecule has 0 aliphatic rings. The van der Waals surface area contributed by atoms with Crippen LogP contribution in [0, 0.1) is 13.8 Å². The molecular formula is C19H27N6+. The first kappa shape index (κ1) is 17.4. The highest BCUT2D eigenvalue weighted by Crippen LogP contribution is 2.30.